The lowest BCUT2D eigenvalue weighted by Crippen LogP contribution is -2.05. The molecule has 2 N–H and O–H groups in total. The van der Waals surface area contributed by atoms with Crippen molar-refractivity contribution in [3.8, 4) is 23.0 Å². The van der Waals surface area contributed by atoms with Crippen molar-refractivity contribution >= 4 is 17.5 Å². The number of nitrogen functional groups attached to an aromatic ring is 1. The quantitative estimate of drug-likeness (QED) is 0.392. The van der Waals surface area contributed by atoms with E-state index < -0.39 is 0 Å². The second-order valence-electron chi connectivity index (χ2n) is 6.16. The summed E-state index contributed by atoms with van der Waals surface area (Å²) in [6.07, 6.45) is 3.23. The van der Waals surface area contributed by atoms with Gasteiger partial charge in [0.2, 0.25) is 0 Å². The van der Waals surface area contributed by atoms with Crippen molar-refractivity contribution in [3.63, 3.8) is 0 Å². The number of carbonyl (C=O) groups excluding carboxylic acids is 1. The highest BCUT2D eigenvalue weighted by Gasteiger charge is 2.17. The second-order valence-corrected chi connectivity index (χ2v) is 6.16. The first-order valence-corrected chi connectivity index (χ1v) is 8.97. The van der Waals surface area contributed by atoms with Crippen LogP contribution in [0.25, 0.3) is 6.08 Å². The van der Waals surface area contributed by atoms with E-state index >= 15 is 0 Å². The molecule has 0 amide bonds. The van der Waals surface area contributed by atoms with Crippen LogP contribution in [0.15, 0.2) is 35.9 Å². The first-order valence-electron chi connectivity index (χ1n) is 8.97. The molecule has 6 nitrogen and oxygen atoms in total. The number of hydrogen-bond donors (Lipinski definition) is 1. The van der Waals surface area contributed by atoms with E-state index in [1.807, 2.05) is 19.1 Å². The van der Waals surface area contributed by atoms with Crippen molar-refractivity contribution in [3.05, 3.63) is 47.0 Å². The summed E-state index contributed by atoms with van der Waals surface area (Å²) in [6.45, 7) is 2.02. The van der Waals surface area contributed by atoms with Gasteiger partial charge in [-0.25, -0.2) is 0 Å². The molecule has 2 rings (SSSR count). The van der Waals surface area contributed by atoms with Crippen molar-refractivity contribution < 1.29 is 23.7 Å². The number of ether oxygens (including phenoxy) is 4. The number of anilines is 1. The minimum atomic E-state index is -0.0972. The Balaban J connectivity index is 2.55. The summed E-state index contributed by atoms with van der Waals surface area (Å²) >= 11 is 0. The summed E-state index contributed by atoms with van der Waals surface area (Å²) in [7, 11) is 6.24. The molecular weight excluding hydrogens is 358 g/mol. The van der Waals surface area contributed by atoms with E-state index in [0.29, 0.717) is 51.8 Å². The lowest BCUT2D eigenvalue weighted by molar-refractivity contribution is 0.103. The Morgan fingerprint density at radius 1 is 0.964 bits per heavy atom. The molecule has 6 heteroatoms. The normalized spacial score (nSPS) is 11.1. The van der Waals surface area contributed by atoms with Gasteiger partial charge in [-0.1, -0.05) is 13.3 Å². The summed E-state index contributed by atoms with van der Waals surface area (Å²) in [6, 6.07) is 8.59. The van der Waals surface area contributed by atoms with Crippen LogP contribution in [0, 0.1) is 0 Å². The number of ketones is 1. The number of nitrogens with two attached hydrogens (primary N) is 1. The molecule has 28 heavy (non-hydrogen) atoms. The average Bonchev–Trinajstić information content (AvgIpc) is 2.71. The molecule has 0 unspecified atom stereocenters. The standard InChI is InChI=1S/C22H27NO5/c1-6-7-14(21(24)15-8-9-19(26-3)18(23)12-15)10-16-11-17(25-2)13-20(27-4)22(16)28-5/h8-13H,6-7,23H2,1-5H3. The molecule has 0 saturated heterocycles. The molecule has 0 spiro atoms. The zero-order valence-corrected chi connectivity index (χ0v) is 17.0. The number of methoxy groups -OCH3 is 4. The third-order valence-corrected chi connectivity index (χ3v) is 4.35. The molecule has 0 aromatic heterocycles. The third kappa shape index (κ3) is 4.57. The third-order valence-electron chi connectivity index (χ3n) is 4.35. The largest absolute Gasteiger partial charge is 0.497 e. The number of hydrogen-bond acceptors (Lipinski definition) is 6. The number of rotatable bonds is 9. The van der Waals surface area contributed by atoms with Gasteiger partial charge in [-0.15, -0.1) is 0 Å². The van der Waals surface area contributed by atoms with Gasteiger partial charge in [0.15, 0.2) is 17.3 Å². The molecular formula is C22H27NO5. The van der Waals surface area contributed by atoms with Crippen LogP contribution in [0.5, 0.6) is 23.0 Å². The fourth-order valence-corrected chi connectivity index (χ4v) is 2.96. The van der Waals surface area contributed by atoms with Crippen LogP contribution in [0.4, 0.5) is 5.69 Å². The van der Waals surface area contributed by atoms with E-state index in [-0.39, 0.29) is 5.78 Å². The van der Waals surface area contributed by atoms with Gasteiger partial charge in [0, 0.05) is 22.8 Å². The number of carbonyl (C=O) groups is 1. The zero-order chi connectivity index (χ0) is 20.7. The fraction of sp³-hybridized carbons (Fsp3) is 0.318. The van der Waals surface area contributed by atoms with Gasteiger partial charge in [-0.2, -0.15) is 0 Å². The van der Waals surface area contributed by atoms with Crippen molar-refractivity contribution in [1.29, 1.82) is 0 Å². The van der Waals surface area contributed by atoms with Crippen molar-refractivity contribution in [1.82, 2.24) is 0 Å². The van der Waals surface area contributed by atoms with Gasteiger partial charge < -0.3 is 24.7 Å². The van der Waals surface area contributed by atoms with E-state index in [1.165, 1.54) is 7.11 Å². The predicted octanol–water partition coefficient (Wildman–Crippen LogP) is 4.37. The van der Waals surface area contributed by atoms with Gasteiger partial charge in [0.05, 0.1) is 34.1 Å². The molecule has 0 bridgehead atoms. The van der Waals surface area contributed by atoms with Gasteiger partial charge >= 0.3 is 0 Å². The molecule has 0 saturated carbocycles. The summed E-state index contributed by atoms with van der Waals surface area (Å²) in [4.78, 5) is 13.1. The first kappa shape index (κ1) is 21.2. The van der Waals surface area contributed by atoms with Crippen molar-refractivity contribution in [2.24, 2.45) is 0 Å². The molecule has 150 valence electrons. The SMILES string of the molecule is CCCC(=Cc1cc(OC)cc(OC)c1OC)C(=O)c1ccc(OC)c(N)c1. The molecule has 0 heterocycles. The second kappa shape index (κ2) is 9.69. The average molecular weight is 385 g/mol. The number of allylic oxidation sites excluding steroid dienone is 1. The number of Topliss-reactive ketones (excluding diaryl/α,β-unsaturated/α-hetero) is 1. The van der Waals surface area contributed by atoms with Gasteiger partial charge in [-0.3, -0.25) is 4.79 Å². The fourth-order valence-electron chi connectivity index (χ4n) is 2.96. The smallest absolute Gasteiger partial charge is 0.189 e. The Morgan fingerprint density at radius 2 is 1.68 bits per heavy atom. The highest BCUT2D eigenvalue weighted by atomic mass is 16.5. The molecule has 0 fully saturated rings. The van der Waals surface area contributed by atoms with Crippen LogP contribution in [0.2, 0.25) is 0 Å². The van der Waals surface area contributed by atoms with Gasteiger partial charge in [0.25, 0.3) is 0 Å². The lowest BCUT2D eigenvalue weighted by atomic mass is 9.96. The maximum absolute atomic E-state index is 13.1. The van der Waals surface area contributed by atoms with Crippen LogP contribution in [-0.4, -0.2) is 34.2 Å². The van der Waals surface area contributed by atoms with Crippen LogP contribution in [0.3, 0.4) is 0 Å². The van der Waals surface area contributed by atoms with E-state index in [4.69, 9.17) is 24.7 Å². The summed E-state index contributed by atoms with van der Waals surface area (Å²) in [5, 5.41) is 0. The van der Waals surface area contributed by atoms with Crippen LogP contribution in [-0.2, 0) is 0 Å². The molecule has 2 aromatic carbocycles. The zero-order valence-electron chi connectivity index (χ0n) is 17.0. The van der Waals surface area contributed by atoms with Gasteiger partial charge in [0.1, 0.15) is 11.5 Å². The minimum Gasteiger partial charge on any atom is -0.497 e. The highest BCUT2D eigenvalue weighted by molar-refractivity contribution is 6.12. The Labute approximate surface area is 165 Å². The predicted molar refractivity (Wildman–Crippen MR) is 111 cm³/mol. The monoisotopic (exact) mass is 385 g/mol. The number of benzene rings is 2. The van der Waals surface area contributed by atoms with E-state index in [1.54, 1.807) is 45.6 Å². The van der Waals surface area contributed by atoms with Gasteiger partial charge in [-0.05, 0) is 36.8 Å². The molecule has 0 aliphatic rings. The Hall–Kier alpha value is -3.15. The first-order chi connectivity index (χ1) is 13.5. The minimum absolute atomic E-state index is 0.0972. The van der Waals surface area contributed by atoms with Crippen LogP contribution >= 0.6 is 0 Å². The van der Waals surface area contributed by atoms with Crippen LogP contribution in [0.1, 0.15) is 35.7 Å². The maximum Gasteiger partial charge on any atom is 0.189 e. The summed E-state index contributed by atoms with van der Waals surface area (Å²) in [5.74, 6) is 2.13. The van der Waals surface area contributed by atoms with Crippen LogP contribution < -0.4 is 24.7 Å². The molecule has 0 aliphatic heterocycles. The van der Waals surface area contributed by atoms with Crippen molar-refractivity contribution in [2.75, 3.05) is 34.2 Å². The van der Waals surface area contributed by atoms with E-state index in [0.717, 1.165) is 6.42 Å². The van der Waals surface area contributed by atoms with E-state index in [9.17, 15) is 4.79 Å². The molecule has 0 atom stereocenters. The highest BCUT2D eigenvalue weighted by Crippen LogP contribution is 2.37. The maximum atomic E-state index is 13.1. The Bertz CT molecular complexity index is 873. The topological polar surface area (TPSA) is 80.0 Å². The summed E-state index contributed by atoms with van der Waals surface area (Å²) in [5.41, 5.74) is 8.24. The lowest BCUT2D eigenvalue weighted by Gasteiger charge is -2.14. The Kier molecular flexibility index (Phi) is 7.32. The van der Waals surface area contributed by atoms with Crippen molar-refractivity contribution in [2.45, 2.75) is 19.8 Å². The molecule has 2 aromatic rings. The molecule has 0 radical (unpaired) electrons. The van der Waals surface area contributed by atoms with E-state index in [2.05, 4.69) is 0 Å². The summed E-state index contributed by atoms with van der Waals surface area (Å²) < 4.78 is 21.4. The molecule has 0 aliphatic carbocycles. The Morgan fingerprint density at radius 3 is 2.21 bits per heavy atom.